The number of nitrogens with zero attached hydrogens (tertiary/aromatic N) is 2. The minimum atomic E-state index is -1.27. The molecule has 2 aromatic rings. The number of epoxide rings is 2. The molecule has 0 unspecified atom stereocenters. The molecule has 3 aliphatic heterocycles. The Morgan fingerprint density at radius 3 is 1.38 bits per heavy atom. The molecule has 0 aliphatic carbocycles. The molecule has 2 amide bonds. The van der Waals surface area contributed by atoms with Gasteiger partial charge in [0.15, 0.2) is 0 Å². The van der Waals surface area contributed by atoms with Gasteiger partial charge in [-0.1, -0.05) is 60.7 Å². The minimum absolute atomic E-state index is 0.258. The molecule has 0 aromatic heterocycles. The molecular weight excluding hydrogens is 332 g/mol. The molecule has 2 aromatic carbocycles. The zero-order valence-corrected chi connectivity index (χ0v) is 14.5. The summed E-state index contributed by atoms with van der Waals surface area (Å²) in [6, 6.07) is 19.0. The Bertz CT molecular complexity index is 827. The molecule has 5 rings (SSSR count). The van der Waals surface area contributed by atoms with Crippen LogP contribution in [0.25, 0.3) is 0 Å². The van der Waals surface area contributed by atoms with Gasteiger partial charge in [-0.3, -0.25) is 9.59 Å². The minimum Gasteiger partial charge on any atom is -0.331 e. The number of rotatable bonds is 2. The molecule has 6 nitrogen and oxygen atoms in total. The highest BCUT2D eigenvalue weighted by Crippen LogP contribution is 2.62. The predicted octanol–water partition coefficient (Wildman–Crippen LogP) is 1.85. The molecule has 3 heterocycles. The van der Waals surface area contributed by atoms with Gasteiger partial charge in [0, 0.05) is 14.1 Å². The van der Waals surface area contributed by atoms with Gasteiger partial charge in [0.05, 0.1) is 0 Å². The first-order valence-corrected chi connectivity index (χ1v) is 8.55. The lowest BCUT2D eigenvalue weighted by Gasteiger charge is -2.39. The summed E-state index contributed by atoms with van der Waals surface area (Å²) in [6.45, 7) is 0. The van der Waals surface area contributed by atoms with Gasteiger partial charge in [0.2, 0.25) is 0 Å². The molecule has 0 saturated carbocycles. The van der Waals surface area contributed by atoms with Crippen molar-refractivity contribution in [2.75, 3.05) is 14.1 Å². The van der Waals surface area contributed by atoms with E-state index in [0.29, 0.717) is 0 Å². The van der Waals surface area contributed by atoms with E-state index in [1.165, 1.54) is 9.80 Å². The lowest BCUT2D eigenvalue weighted by molar-refractivity contribution is -0.175. The van der Waals surface area contributed by atoms with Gasteiger partial charge in [0.1, 0.15) is 12.2 Å². The van der Waals surface area contributed by atoms with Crippen molar-refractivity contribution in [3.8, 4) is 0 Å². The van der Waals surface area contributed by atoms with Crippen molar-refractivity contribution in [1.82, 2.24) is 9.80 Å². The zero-order valence-electron chi connectivity index (χ0n) is 14.5. The molecule has 3 saturated heterocycles. The third-order valence-corrected chi connectivity index (χ3v) is 5.61. The zero-order chi connectivity index (χ0) is 18.1. The third-order valence-electron chi connectivity index (χ3n) is 5.61. The van der Waals surface area contributed by atoms with Crippen LogP contribution in [0.15, 0.2) is 60.7 Å². The molecule has 0 N–H and O–H groups in total. The number of hydrogen-bond donors (Lipinski definition) is 0. The van der Waals surface area contributed by atoms with Crippen LogP contribution in [0.4, 0.5) is 0 Å². The van der Waals surface area contributed by atoms with Gasteiger partial charge in [-0.2, -0.15) is 0 Å². The summed E-state index contributed by atoms with van der Waals surface area (Å²) in [6.07, 6.45) is -0.919. The topological polar surface area (TPSA) is 65.7 Å². The summed E-state index contributed by atoms with van der Waals surface area (Å²) in [7, 11) is 3.23. The third kappa shape index (κ3) is 1.73. The van der Waals surface area contributed by atoms with Crippen LogP contribution in [0.1, 0.15) is 23.3 Å². The molecule has 2 spiro atoms. The number of ether oxygens (including phenoxy) is 2. The molecule has 6 heteroatoms. The van der Waals surface area contributed by atoms with Crippen LogP contribution >= 0.6 is 0 Å². The first kappa shape index (κ1) is 15.5. The lowest BCUT2D eigenvalue weighted by atomic mass is 9.95. The number of piperazine rings is 1. The normalized spacial score (nSPS) is 35.3. The maximum absolute atomic E-state index is 13.2. The van der Waals surface area contributed by atoms with Crippen LogP contribution in [-0.2, 0) is 19.1 Å². The molecule has 4 atom stereocenters. The van der Waals surface area contributed by atoms with Crippen molar-refractivity contribution < 1.29 is 19.1 Å². The van der Waals surface area contributed by atoms with E-state index in [-0.39, 0.29) is 11.8 Å². The Kier molecular flexibility index (Phi) is 2.95. The summed E-state index contributed by atoms with van der Waals surface area (Å²) < 4.78 is 11.6. The lowest BCUT2D eigenvalue weighted by Crippen LogP contribution is -2.67. The highest BCUT2D eigenvalue weighted by atomic mass is 16.7. The molecule has 3 fully saturated rings. The van der Waals surface area contributed by atoms with Gasteiger partial charge in [-0.05, 0) is 11.1 Å². The first-order chi connectivity index (χ1) is 12.5. The summed E-state index contributed by atoms with van der Waals surface area (Å²) in [5, 5.41) is 0. The van der Waals surface area contributed by atoms with E-state index < -0.39 is 23.7 Å². The molecule has 3 aliphatic rings. The van der Waals surface area contributed by atoms with E-state index in [9.17, 15) is 9.59 Å². The first-order valence-electron chi connectivity index (χ1n) is 8.55. The van der Waals surface area contributed by atoms with E-state index >= 15 is 0 Å². The Balaban J connectivity index is 1.49. The molecule has 0 radical (unpaired) electrons. The van der Waals surface area contributed by atoms with Crippen LogP contribution in [0, 0.1) is 0 Å². The Labute approximate surface area is 150 Å². The van der Waals surface area contributed by atoms with E-state index in [1.54, 1.807) is 14.1 Å². The number of carbonyl (C=O) groups excluding carboxylic acids is 2. The van der Waals surface area contributed by atoms with E-state index in [0.717, 1.165) is 11.1 Å². The number of likely N-dealkylation sites (N-methyl/N-ethyl adjacent to an activating group) is 2. The van der Waals surface area contributed by atoms with Crippen molar-refractivity contribution >= 4 is 11.8 Å². The van der Waals surface area contributed by atoms with Gasteiger partial charge in [0.25, 0.3) is 23.3 Å². The maximum atomic E-state index is 13.2. The van der Waals surface area contributed by atoms with E-state index in [4.69, 9.17) is 9.47 Å². The maximum Gasteiger partial charge on any atom is 0.281 e. The van der Waals surface area contributed by atoms with Crippen LogP contribution < -0.4 is 0 Å². The fourth-order valence-electron chi connectivity index (χ4n) is 4.04. The van der Waals surface area contributed by atoms with Gasteiger partial charge < -0.3 is 19.3 Å². The highest BCUT2D eigenvalue weighted by Gasteiger charge is 2.81. The van der Waals surface area contributed by atoms with Crippen molar-refractivity contribution in [2.24, 2.45) is 0 Å². The van der Waals surface area contributed by atoms with Crippen LogP contribution in [0.2, 0.25) is 0 Å². The van der Waals surface area contributed by atoms with Crippen molar-refractivity contribution in [1.29, 1.82) is 0 Å². The highest BCUT2D eigenvalue weighted by molar-refractivity contribution is 6.04. The number of hydrogen-bond acceptors (Lipinski definition) is 4. The van der Waals surface area contributed by atoms with Crippen LogP contribution in [0.3, 0.4) is 0 Å². The second-order valence-electron chi connectivity index (χ2n) is 6.94. The number of amides is 2. The number of carbonyl (C=O) groups is 2. The molecule has 0 bridgehead atoms. The molecule has 132 valence electrons. The van der Waals surface area contributed by atoms with Gasteiger partial charge in [-0.25, -0.2) is 0 Å². The van der Waals surface area contributed by atoms with Gasteiger partial charge >= 0.3 is 0 Å². The summed E-state index contributed by atoms with van der Waals surface area (Å²) in [5.41, 5.74) is -0.792. The summed E-state index contributed by atoms with van der Waals surface area (Å²) in [4.78, 5) is 29.2. The Morgan fingerprint density at radius 2 is 1.04 bits per heavy atom. The van der Waals surface area contributed by atoms with Crippen molar-refractivity contribution in [3.05, 3.63) is 71.8 Å². The standard InChI is InChI=1S/C20H18N2O4/c1-21-17(23)20(16(26-20)14-11-7-4-8-12-14)22(2)18(24)19(21)15(25-19)13-9-5-3-6-10-13/h3-12,15-16H,1-2H3/t15-,16-,19-,20-/m0/s1. The van der Waals surface area contributed by atoms with E-state index in [1.807, 2.05) is 60.7 Å². The quantitative estimate of drug-likeness (QED) is 0.776. The fourth-order valence-corrected chi connectivity index (χ4v) is 4.04. The molecule has 26 heavy (non-hydrogen) atoms. The largest absolute Gasteiger partial charge is 0.331 e. The SMILES string of the molecule is CN1C(=O)[C@]2(O[C@H]2c2ccccc2)N(C)C(=O)[C@]12O[C@H]2c1ccccc1. The monoisotopic (exact) mass is 350 g/mol. The second kappa shape index (κ2) is 4.93. The smallest absolute Gasteiger partial charge is 0.281 e. The van der Waals surface area contributed by atoms with Crippen molar-refractivity contribution in [3.63, 3.8) is 0 Å². The Hall–Kier alpha value is -2.70. The fraction of sp³-hybridized carbons (Fsp3) is 0.300. The van der Waals surface area contributed by atoms with Crippen LogP contribution in [0.5, 0.6) is 0 Å². The summed E-state index contributed by atoms with van der Waals surface area (Å²) >= 11 is 0. The predicted molar refractivity (Wildman–Crippen MR) is 91.5 cm³/mol. The Morgan fingerprint density at radius 1 is 0.692 bits per heavy atom. The number of benzene rings is 2. The van der Waals surface area contributed by atoms with Crippen LogP contribution in [-0.4, -0.2) is 47.2 Å². The van der Waals surface area contributed by atoms with Crippen molar-refractivity contribution in [2.45, 2.75) is 23.7 Å². The summed E-state index contributed by atoms with van der Waals surface area (Å²) in [5.74, 6) is -0.515. The average molecular weight is 350 g/mol. The molecular formula is C20H18N2O4. The average Bonchev–Trinajstić information content (AvgIpc) is 3.59. The second-order valence-corrected chi connectivity index (χ2v) is 6.94. The van der Waals surface area contributed by atoms with E-state index in [2.05, 4.69) is 0 Å². The van der Waals surface area contributed by atoms with Gasteiger partial charge in [-0.15, -0.1) is 0 Å².